The van der Waals surface area contributed by atoms with E-state index in [0.717, 1.165) is 55.6 Å². The van der Waals surface area contributed by atoms with Gasteiger partial charge in [-0.25, -0.2) is 17.9 Å². The zero-order chi connectivity index (χ0) is 33.1. The van der Waals surface area contributed by atoms with Crippen molar-refractivity contribution >= 4 is 16.1 Å². The van der Waals surface area contributed by atoms with Crippen LogP contribution < -0.4 is 9.46 Å². The number of amides is 1. The monoisotopic (exact) mass is 669 g/mol. The van der Waals surface area contributed by atoms with Crippen LogP contribution in [0.3, 0.4) is 0 Å². The highest BCUT2D eigenvalue weighted by molar-refractivity contribution is 7.89. The summed E-state index contributed by atoms with van der Waals surface area (Å²) in [4.78, 5) is 16.6. The van der Waals surface area contributed by atoms with Gasteiger partial charge in [0.15, 0.2) is 0 Å². The number of hydrogen-bond donors (Lipinski definition) is 1. The lowest BCUT2D eigenvalue weighted by Crippen LogP contribution is -2.41. The van der Waals surface area contributed by atoms with Gasteiger partial charge in [0.2, 0.25) is 15.8 Å². The number of rotatable bonds is 15. The van der Waals surface area contributed by atoms with Crippen molar-refractivity contribution in [3.05, 3.63) is 59.2 Å². The lowest BCUT2D eigenvalue weighted by Gasteiger charge is -2.32. The molecule has 3 aliphatic rings. The molecule has 0 spiro atoms. The van der Waals surface area contributed by atoms with Crippen LogP contribution in [-0.2, 0) is 35.6 Å². The lowest BCUT2D eigenvalue weighted by atomic mass is 10.0. The summed E-state index contributed by atoms with van der Waals surface area (Å²) in [7, 11) is -3.60. The van der Waals surface area contributed by atoms with Crippen molar-refractivity contribution in [1.29, 1.82) is 0 Å². The minimum atomic E-state index is -3.60. The maximum Gasteiger partial charge on any atom is 0.410 e. The number of nitrogens with zero attached hydrogens (tertiary/aromatic N) is 2. The van der Waals surface area contributed by atoms with Gasteiger partial charge in [-0.05, 0) is 48.7 Å². The van der Waals surface area contributed by atoms with Crippen LogP contribution in [0.25, 0.3) is 0 Å². The predicted molar refractivity (Wildman–Crippen MR) is 176 cm³/mol. The van der Waals surface area contributed by atoms with Gasteiger partial charge in [0.1, 0.15) is 11.9 Å². The molecule has 0 aromatic heterocycles. The van der Waals surface area contributed by atoms with Crippen molar-refractivity contribution in [2.75, 3.05) is 65.7 Å². The van der Waals surface area contributed by atoms with Gasteiger partial charge in [0, 0.05) is 70.7 Å². The Balaban J connectivity index is 0.917. The molecule has 3 aliphatic heterocycles. The number of nitrogens with one attached hydrogen (secondary N) is 1. The first-order valence-electron chi connectivity index (χ1n) is 16.6. The van der Waals surface area contributed by atoms with Crippen LogP contribution in [0, 0.1) is 11.8 Å². The molecular weight excluding hydrogens is 622 g/mol. The van der Waals surface area contributed by atoms with E-state index in [-0.39, 0.29) is 17.1 Å². The van der Waals surface area contributed by atoms with Crippen LogP contribution in [0.2, 0.25) is 0 Å². The molecule has 3 heterocycles. The molecule has 2 aromatic carbocycles. The van der Waals surface area contributed by atoms with E-state index in [4.69, 9.17) is 23.7 Å². The maximum absolute atomic E-state index is 12.7. The Morgan fingerprint density at radius 2 is 1.85 bits per heavy atom. The van der Waals surface area contributed by atoms with Gasteiger partial charge in [-0.2, -0.15) is 0 Å². The van der Waals surface area contributed by atoms with Crippen LogP contribution in [-0.4, -0.2) is 95.8 Å². The first kappa shape index (κ1) is 35.1. The van der Waals surface area contributed by atoms with E-state index >= 15 is 0 Å². The summed E-state index contributed by atoms with van der Waals surface area (Å²) < 4.78 is 56.5. The normalized spacial score (nSPS) is 19.4. The number of fused-ring (bicyclic) bond motifs is 1. The number of cyclic esters (lactones) is 1. The molecule has 5 rings (SSSR count). The Morgan fingerprint density at radius 3 is 2.70 bits per heavy atom. The SMILES string of the molecule is CC1(C)OCc2cc([C@@H]3CN(CCCCCCOCCC#Cc4cccc(S(=O)(=O)NCCN5CCOCC5)c4)C(=O)O3)ccc2O1. The second-order valence-electron chi connectivity index (χ2n) is 12.4. The van der Waals surface area contributed by atoms with Gasteiger partial charge < -0.3 is 28.6 Å². The summed E-state index contributed by atoms with van der Waals surface area (Å²) in [5.74, 6) is 6.29. The average molecular weight is 670 g/mol. The maximum atomic E-state index is 12.7. The van der Waals surface area contributed by atoms with Crippen molar-refractivity contribution in [1.82, 2.24) is 14.5 Å². The molecule has 2 fully saturated rings. The molecule has 1 atom stereocenters. The van der Waals surface area contributed by atoms with Crippen LogP contribution in [0.1, 0.15) is 68.7 Å². The smallest absolute Gasteiger partial charge is 0.410 e. The Labute approximate surface area is 278 Å². The molecule has 1 amide bonds. The topological polar surface area (TPSA) is 116 Å². The molecule has 0 bridgehead atoms. The molecule has 256 valence electrons. The van der Waals surface area contributed by atoms with Crippen LogP contribution in [0.5, 0.6) is 5.75 Å². The number of hydrogen-bond acceptors (Lipinski definition) is 9. The summed E-state index contributed by atoms with van der Waals surface area (Å²) in [6.45, 7) is 10.6. The number of carbonyl (C=O) groups excluding carboxylic acids is 1. The van der Waals surface area contributed by atoms with Crippen molar-refractivity contribution in [3.63, 3.8) is 0 Å². The third kappa shape index (κ3) is 10.7. The van der Waals surface area contributed by atoms with Crippen molar-refractivity contribution in [2.45, 2.75) is 69.3 Å². The standard InChI is InChI=1S/C35H47N3O8S/c1-35(2)44-27-30-25-29(13-14-32(30)46-35)33-26-38(34(39)45-33)16-6-3-4-7-20-42-21-8-5-10-28-11-9-12-31(24-28)47(40,41)36-15-17-37-18-22-43-23-19-37/h9,11-14,24-25,33,36H,3-4,6-8,15-23,26-27H2,1-2H3/t33-/m0/s1. The van der Waals surface area contributed by atoms with E-state index in [1.165, 1.54) is 0 Å². The van der Waals surface area contributed by atoms with Crippen molar-refractivity contribution in [2.24, 2.45) is 0 Å². The minimum Gasteiger partial charge on any atom is -0.463 e. The van der Waals surface area contributed by atoms with Gasteiger partial charge in [-0.1, -0.05) is 36.8 Å². The first-order valence-corrected chi connectivity index (χ1v) is 18.0. The van der Waals surface area contributed by atoms with E-state index in [1.807, 2.05) is 38.1 Å². The second-order valence-corrected chi connectivity index (χ2v) is 14.2. The number of unbranched alkanes of at least 4 members (excludes halogenated alkanes) is 3. The molecule has 11 nitrogen and oxygen atoms in total. The number of sulfonamides is 1. The molecule has 12 heteroatoms. The van der Waals surface area contributed by atoms with Crippen LogP contribution in [0.15, 0.2) is 47.4 Å². The Bertz CT molecular complexity index is 1510. The van der Waals surface area contributed by atoms with E-state index in [0.29, 0.717) is 71.2 Å². The van der Waals surface area contributed by atoms with E-state index in [9.17, 15) is 13.2 Å². The number of carbonyl (C=O) groups is 1. The lowest BCUT2D eigenvalue weighted by molar-refractivity contribution is -0.180. The number of ether oxygens (including phenoxy) is 5. The highest BCUT2D eigenvalue weighted by Gasteiger charge is 2.33. The fourth-order valence-corrected chi connectivity index (χ4v) is 6.73. The zero-order valence-corrected chi connectivity index (χ0v) is 28.3. The molecule has 2 aromatic rings. The summed E-state index contributed by atoms with van der Waals surface area (Å²) in [5, 5.41) is 0. The van der Waals surface area contributed by atoms with E-state index in [1.54, 1.807) is 23.1 Å². The van der Waals surface area contributed by atoms with Crippen molar-refractivity contribution in [3.8, 4) is 17.6 Å². The fourth-order valence-electron chi connectivity index (χ4n) is 5.66. The predicted octanol–water partition coefficient (Wildman–Crippen LogP) is 4.45. The average Bonchev–Trinajstić information content (AvgIpc) is 3.43. The molecule has 1 N–H and O–H groups in total. The molecule has 0 unspecified atom stereocenters. The molecular formula is C35H47N3O8S. The highest BCUT2D eigenvalue weighted by Crippen LogP contribution is 2.35. The molecule has 0 radical (unpaired) electrons. The molecule has 2 saturated heterocycles. The van der Waals surface area contributed by atoms with Gasteiger partial charge in [-0.15, -0.1) is 0 Å². The fraction of sp³-hybridized carbons (Fsp3) is 0.571. The number of benzene rings is 2. The van der Waals surface area contributed by atoms with Gasteiger partial charge >= 0.3 is 6.09 Å². The van der Waals surface area contributed by atoms with Crippen LogP contribution >= 0.6 is 0 Å². The quantitative estimate of drug-likeness (QED) is 0.217. The molecule has 0 saturated carbocycles. The minimum absolute atomic E-state index is 0.216. The highest BCUT2D eigenvalue weighted by atomic mass is 32.2. The third-order valence-electron chi connectivity index (χ3n) is 8.31. The summed E-state index contributed by atoms with van der Waals surface area (Å²) in [5.41, 5.74) is 2.58. The molecule has 47 heavy (non-hydrogen) atoms. The first-order chi connectivity index (χ1) is 22.7. The summed E-state index contributed by atoms with van der Waals surface area (Å²) in [6, 6.07) is 12.6. The third-order valence-corrected chi connectivity index (χ3v) is 9.77. The van der Waals surface area contributed by atoms with E-state index in [2.05, 4.69) is 21.5 Å². The Morgan fingerprint density at radius 1 is 1.02 bits per heavy atom. The Kier molecular flexibility index (Phi) is 12.5. The van der Waals surface area contributed by atoms with Gasteiger partial charge in [-0.3, -0.25) is 4.90 Å². The Hall–Kier alpha value is -3.18. The molecule has 0 aliphatic carbocycles. The van der Waals surface area contributed by atoms with Crippen molar-refractivity contribution < 1.29 is 36.9 Å². The van der Waals surface area contributed by atoms with E-state index < -0.39 is 15.8 Å². The number of morpholine rings is 1. The largest absolute Gasteiger partial charge is 0.463 e. The summed E-state index contributed by atoms with van der Waals surface area (Å²) >= 11 is 0. The van der Waals surface area contributed by atoms with Gasteiger partial charge in [0.25, 0.3) is 0 Å². The van der Waals surface area contributed by atoms with Gasteiger partial charge in [0.05, 0.1) is 37.9 Å². The summed E-state index contributed by atoms with van der Waals surface area (Å²) in [6.07, 6.45) is 3.87. The van der Waals surface area contributed by atoms with Crippen LogP contribution in [0.4, 0.5) is 4.79 Å². The second kappa shape index (κ2) is 16.8. The zero-order valence-electron chi connectivity index (χ0n) is 27.5.